The van der Waals surface area contributed by atoms with Crippen molar-refractivity contribution in [3.63, 3.8) is 0 Å². The van der Waals surface area contributed by atoms with E-state index in [2.05, 4.69) is 27.7 Å². The fourth-order valence-corrected chi connectivity index (χ4v) is 4.87. The number of carbonyl (C=O) groups is 1. The predicted octanol–water partition coefficient (Wildman–Crippen LogP) is 1.61. The van der Waals surface area contributed by atoms with E-state index in [0.717, 1.165) is 23.3 Å². The van der Waals surface area contributed by atoms with Gasteiger partial charge in [-0.25, -0.2) is 8.42 Å². The van der Waals surface area contributed by atoms with Crippen LogP contribution in [0.2, 0.25) is 0 Å². The van der Waals surface area contributed by atoms with Gasteiger partial charge in [0.15, 0.2) is 6.54 Å². The van der Waals surface area contributed by atoms with Crippen molar-refractivity contribution in [3.05, 3.63) is 41.3 Å². The van der Waals surface area contributed by atoms with E-state index in [9.17, 15) is 13.2 Å². The molecule has 0 radical (unpaired) electrons. The lowest BCUT2D eigenvalue weighted by atomic mass is 10.1. The van der Waals surface area contributed by atoms with E-state index in [-0.39, 0.29) is 18.0 Å². The molecule has 1 aliphatic rings. The van der Waals surface area contributed by atoms with Gasteiger partial charge in [-0.2, -0.15) is 4.31 Å². The highest BCUT2D eigenvalue weighted by molar-refractivity contribution is 7.92. The Balaban J connectivity index is 1.92. The molecule has 0 bridgehead atoms. The van der Waals surface area contributed by atoms with Crippen LogP contribution in [0.15, 0.2) is 35.7 Å². The number of nitrogens with one attached hydrogen (secondary N) is 1. The number of hydrogen-bond acceptors (Lipinski definition) is 3. The number of hydrogen-bond donors (Lipinski definition) is 1. The van der Waals surface area contributed by atoms with Crippen LogP contribution < -0.4 is 4.90 Å². The molecule has 6 nitrogen and oxygen atoms in total. The van der Waals surface area contributed by atoms with Gasteiger partial charge in [-0.3, -0.25) is 4.79 Å². The Morgan fingerprint density at radius 3 is 2.17 bits per heavy atom. The quantitative estimate of drug-likeness (QED) is 0.658. The van der Waals surface area contributed by atoms with E-state index < -0.39 is 10.0 Å². The summed E-state index contributed by atoms with van der Waals surface area (Å²) in [6.07, 6.45) is 3.50. The van der Waals surface area contributed by atoms with Crippen LogP contribution in [0.4, 0.5) is 0 Å². The lowest BCUT2D eigenvalue weighted by molar-refractivity contribution is -0.896. The molecule has 0 aliphatic carbocycles. The summed E-state index contributed by atoms with van der Waals surface area (Å²) in [5.41, 5.74) is 0.862. The predicted molar refractivity (Wildman–Crippen MR) is 118 cm³/mol. The van der Waals surface area contributed by atoms with Crippen LogP contribution in [-0.2, 0) is 14.8 Å². The first kappa shape index (κ1) is 23.6. The fourth-order valence-electron chi connectivity index (χ4n) is 3.67. The molecule has 0 unspecified atom stereocenters. The number of carbonyl (C=O) groups excluding carboxylic acids is 1. The third-order valence-corrected chi connectivity index (χ3v) is 7.41. The highest BCUT2D eigenvalue weighted by Crippen LogP contribution is 2.12. The van der Waals surface area contributed by atoms with Gasteiger partial charge in [0, 0.05) is 17.5 Å². The van der Waals surface area contributed by atoms with E-state index in [0.29, 0.717) is 32.7 Å². The largest absolute Gasteiger partial charge is 0.332 e. The lowest BCUT2D eigenvalue weighted by Crippen LogP contribution is -3.15. The second-order valence-corrected chi connectivity index (χ2v) is 9.72. The molecule has 0 saturated carbocycles. The van der Waals surface area contributed by atoms with Crippen molar-refractivity contribution in [3.8, 4) is 0 Å². The number of sulfonamides is 1. The van der Waals surface area contributed by atoms with Gasteiger partial charge in [0.25, 0.3) is 5.91 Å². The van der Waals surface area contributed by atoms with E-state index in [1.807, 2.05) is 35.2 Å². The summed E-state index contributed by atoms with van der Waals surface area (Å²) in [6.45, 7) is 11.0. The lowest BCUT2D eigenvalue weighted by Gasteiger charge is -2.36. The molecule has 0 aromatic heterocycles. The monoisotopic (exact) mass is 422 g/mol. The van der Waals surface area contributed by atoms with Gasteiger partial charge in [0.2, 0.25) is 10.0 Å². The zero-order valence-corrected chi connectivity index (χ0v) is 19.0. The second-order valence-electron chi connectivity index (χ2n) is 7.90. The Labute approximate surface area is 176 Å². The average molecular weight is 423 g/mol. The van der Waals surface area contributed by atoms with Gasteiger partial charge >= 0.3 is 0 Å². The van der Waals surface area contributed by atoms with Crippen molar-refractivity contribution >= 4 is 22.0 Å². The standard InChI is InChI=1S/C22H35N3O3S/c1-5-19(3)25(20(4)6-2)22(26)18-23-13-15-24(16-14-23)29(27,28)17-12-21-10-8-7-9-11-21/h7-12,17,19-20H,5-6,13-16,18H2,1-4H3/p+1/b17-12+/t19-,20-/m1/s1. The number of amides is 1. The molecular weight excluding hydrogens is 386 g/mol. The highest BCUT2D eigenvalue weighted by Gasteiger charge is 2.31. The summed E-state index contributed by atoms with van der Waals surface area (Å²) in [5.74, 6) is 0.170. The Kier molecular flexibility index (Phi) is 8.86. The second kappa shape index (κ2) is 10.9. The van der Waals surface area contributed by atoms with Crippen molar-refractivity contribution in [2.75, 3.05) is 32.7 Å². The van der Waals surface area contributed by atoms with Crippen molar-refractivity contribution in [1.29, 1.82) is 0 Å². The third kappa shape index (κ3) is 6.66. The van der Waals surface area contributed by atoms with Crippen LogP contribution in [0, 0.1) is 0 Å². The van der Waals surface area contributed by atoms with Crippen molar-refractivity contribution in [2.45, 2.75) is 52.6 Å². The van der Waals surface area contributed by atoms with E-state index in [4.69, 9.17) is 0 Å². The fraction of sp³-hybridized carbons (Fsp3) is 0.591. The minimum Gasteiger partial charge on any atom is -0.332 e. The van der Waals surface area contributed by atoms with Crippen LogP contribution in [0.25, 0.3) is 6.08 Å². The van der Waals surface area contributed by atoms with Crippen LogP contribution in [0.3, 0.4) is 0 Å². The zero-order chi connectivity index (χ0) is 21.4. The van der Waals surface area contributed by atoms with Crippen molar-refractivity contribution in [1.82, 2.24) is 9.21 Å². The normalized spacial score (nSPS) is 18.6. The minimum absolute atomic E-state index is 0.170. The summed E-state index contributed by atoms with van der Waals surface area (Å²) in [7, 11) is -3.44. The summed E-state index contributed by atoms with van der Waals surface area (Å²) >= 11 is 0. The number of piperazine rings is 1. The SMILES string of the molecule is CC[C@@H](C)N(C(=O)C[NH+]1CCN(S(=O)(=O)/C=C/c2ccccc2)CC1)[C@H](C)CC. The Morgan fingerprint density at radius 1 is 1.10 bits per heavy atom. The summed E-state index contributed by atoms with van der Waals surface area (Å²) in [5, 5.41) is 1.28. The Morgan fingerprint density at radius 2 is 1.66 bits per heavy atom. The number of benzene rings is 1. The number of quaternary nitrogens is 1. The summed E-state index contributed by atoms with van der Waals surface area (Å²) < 4.78 is 26.7. The topological polar surface area (TPSA) is 62.1 Å². The minimum atomic E-state index is -3.44. The van der Waals surface area contributed by atoms with E-state index in [1.165, 1.54) is 9.71 Å². The maximum atomic E-state index is 12.9. The summed E-state index contributed by atoms with van der Waals surface area (Å²) in [6, 6.07) is 9.86. The Bertz CT molecular complexity index is 762. The molecule has 0 spiro atoms. The zero-order valence-electron chi connectivity index (χ0n) is 18.2. The number of rotatable bonds is 9. The molecule has 1 aliphatic heterocycles. The maximum absolute atomic E-state index is 12.9. The van der Waals surface area contributed by atoms with E-state index in [1.54, 1.807) is 6.08 Å². The molecule has 1 saturated heterocycles. The van der Waals surface area contributed by atoms with E-state index >= 15 is 0 Å². The third-order valence-electron chi connectivity index (χ3n) is 5.84. The van der Waals surface area contributed by atoms with Crippen LogP contribution in [-0.4, -0.2) is 68.3 Å². The average Bonchev–Trinajstić information content (AvgIpc) is 2.73. The van der Waals surface area contributed by atoms with Gasteiger partial charge in [-0.05, 0) is 38.3 Å². The molecule has 29 heavy (non-hydrogen) atoms. The molecule has 1 fully saturated rings. The van der Waals surface area contributed by atoms with Gasteiger partial charge in [0.1, 0.15) is 0 Å². The van der Waals surface area contributed by atoms with Gasteiger partial charge in [0.05, 0.1) is 26.2 Å². The first-order valence-corrected chi connectivity index (χ1v) is 12.2. The summed E-state index contributed by atoms with van der Waals surface area (Å²) in [4.78, 5) is 16.1. The molecule has 1 N–H and O–H groups in total. The first-order valence-electron chi connectivity index (χ1n) is 10.7. The maximum Gasteiger partial charge on any atom is 0.278 e. The molecule has 1 amide bonds. The van der Waals surface area contributed by atoms with Gasteiger partial charge in [-0.15, -0.1) is 0 Å². The molecule has 7 heteroatoms. The van der Waals surface area contributed by atoms with Crippen molar-refractivity contribution in [2.24, 2.45) is 0 Å². The van der Waals surface area contributed by atoms with Crippen LogP contribution in [0.5, 0.6) is 0 Å². The van der Waals surface area contributed by atoms with Crippen molar-refractivity contribution < 1.29 is 18.1 Å². The highest BCUT2D eigenvalue weighted by atomic mass is 32.2. The smallest absolute Gasteiger partial charge is 0.278 e. The number of nitrogens with zero attached hydrogens (tertiary/aromatic N) is 2. The van der Waals surface area contributed by atoms with Gasteiger partial charge < -0.3 is 9.80 Å². The molecule has 1 heterocycles. The van der Waals surface area contributed by atoms with Crippen LogP contribution in [0.1, 0.15) is 46.1 Å². The van der Waals surface area contributed by atoms with Crippen LogP contribution >= 0.6 is 0 Å². The molecule has 162 valence electrons. The molecule has 1 aromatic carbocycles. The molecular formula is C22H36N3O3S+. The Hall–Kier alpha value is -1.70. The molecule has 1 aromatic rings. The molecule has 2 rings (SSSR count). The molecule has 2 atom stereocenters. The van der Waals surface area contributed by atoms with Gasteiger partial charge in [-0.1, -0.05) is 44.2 Å². The first-order chi connectivity index (χ1) is 13.8.